The third kappa shape index (κ3) is 3.89. The summed E-state index contributed by atoms with van der Waals surface area (Å²) >= 11 is 7.67. The van der Waals surface area contributed by atoms with Crippen molar-refractivity contribution in [2.75, 3.05) is 0 Å². The molecule has 2 heterocycles. The van der Waals surface area contributed by atoms with Crippen LogP contribution in [0.5, 0.6) is 0 Å². The Morgan fingerprint density at radius 2 is 1.70 bits per heavy atom. The highest BCUT2D eigenvalue weighted by molar-refractivity contribution is 7.98. The van der Waals surface area contributed by atoms with Crippen LogP contribution in [0.1, 0.15) is 11.3 Å². The fraction of sp³-hybridized carbons (Fsp3) is 0.0952. The Kier molecular flexibility index (Phi) is 5.23. The molecule has 27 heavy (non-hydrogen) atoms. The number of halogens is 1. The molecule has 4 rings (SSSR count). The zero-order valence-corrected chi connectivity index (χ0v) is 16.3. The Hall–Kier alpha value is -2.63. The fourth-order valence-corrected chi connectivity index (χ4v) is 3.79. The maximum Gasteiger partial charge on any atom is 0.196 e. The van der Waals surface area contributed by atoms with Crippen molar-refractivity contribution in [1.29, 1.82) is 0 Å². The molecule has 0 amide bonds. The van der Waals surface area contributed by atoms with E-state index >= 15 is 0 Å². The number of rotatable bonds is 5. The first-order chi connectivity index (χ1) is 13.2. The van der Waals surface area contributed by atoms with Gasteiger partial charge in [-0.05, 0) is 55.0 Å². The minimum atomic E-state index is 0.699. The average molecular weight is 393 g/mol. The number of pyridine rings is 1. The minimum Gasteiger partial charge on any atom is -0.270 e. The molecule has 0 atom stereocenters. The summed E-state index contributed by atoms with van der Waals surface area (Å²) in [7, 11) is 0. The number of thioether (sulfide) groups is 1. The first kappa shape index (κ1) is 17.8. The zero-order chi connectivity index (χ0) is 18.6. The van der Waals surface area contributed by atoms with E-state index in [2.05, 4.69) is 38.8 Å². The molecule has 2 aromatic carbocycles. The topological polar surface area (TPSA) is 43.6 Å². The van der Waals surface area contributed by atoms with E-state index in [1.54, 1.807) is 18.0 Å². The lowest BCUT2D eigenvalue weighted by molar-refractivity contribution is 0.879. The maximum atomic E-state index is 6.05. The molecule has 0 spiro atoms. The van der Waals surface area contributed by atoms with Crippen molar-refractivity contribution >= 4 is 23.4 Å². The largest absolute Gasteiger partial charge is 0.270 e. The second-order valence-corrected chi connectivity index (χ2v) is 7.42. The Labute approximate surface area is 167 Å². The van der Waals surface area contributed by atoms with Gasteiger partial charge in [-0.2, -0.15) is 0 Å². The smallest absolute Gasteiger partial charge is 0.196 e. The number of aryl methyl sites for hydroxylation is 1. The van der Waals surface area contributed by atoms with Crippen molar-refractivity contribution < 1.29 is 0 Å². The lowest BCUT2D eigenvalue weighted by Crippen LogP contribution is -2.02. The summed E-state index contributed by atoms with van der Waals surface area (Å²) < 4.78 is 2.10. The van der Waals surface area contributed by atoms with Gasteiger partial charge in [-0.15, -0.1) is 10.2 Å². The van der Waals surface area contributed by atoms with Gasteiger partial charge in [0.1, 0.15) is 0 Å². The van der Waals surface area contributed by atoms with Gasteiger partial charge in [0.2, 0.25) is 0 Å². The normalized spacial score (nSPS) is 10.9. The molecule has 4 aromatic rings. The van der Waals surface area contributed by atoms with E-state index < -0.39 is 0 Å². The van der Waals surface area contributed by atoms with Gasteiger partial charge in [0, 0.05) is 22.5 Å². The van der Waals surface area contributed by atoms with Crippen molar-refractivity contribution in [2.45, 2.75) is 17.8 Å². The number of hydrogen-bond donors (Lipinski definition) is 0. The van der Waals surface area contributed by atoms with Crippen LogP contribution in [-0.4, -0.2) is 19.7 Å². The van der Waals surface area contributed by atoms with Crippen molar-refractivity contribution in [3.05, 3.63) is 89.2 Å². The molecule has 0 fully saturated rings. The highest BCUT2D eigenvalue weighted by Gasteiger charge is 2.17. The number of nitrogens with zero attached hydrogens (tertiary/aromatic N) is 4. The van der Waals surface area contributed by atoms with Gasteiger partial charge in [0.25, 0.3) is 0 Å². The number of aromatic nitrogens is 4. The third-order valence-corrected chi connectivity index (χ3v) is 5.38. The third-order valence-electron chi connectivity index (χ3n) is 4.17. The number of hydrogen-bond acceptors (Lipinski definition) is 4. The van der Waals surface area contributed by atoms with Crippen LogP contribution in [0.3, 0.4) is 0 Å². The summed E-state index contributed by atoms with van der Waals surface area (Å²) in [4.78, 5) is 4.40. The predicted molar refractivity (Wildman–Crippen MR) is 110 cm³/mol. The molecule has 0 saturated carbocycles. The molecule has 0 aliphatic heterocycles. The lowest BCUT2D eigenvalue weighted by Gasteiger charge is -2.13. The van der Waals surface area contributed by atoms with Crippen LogP contribution < -0.4 is 0 Å². The highest BCUT2D eigenvalue weighted by atomic mass is 35.5. The summed E-state index contributed by atoms with van der Waals surface area (Å²) in [5, 5.41) is 10.5. The maximum absolute atomic E-state index is 6.05. The Morgan fingerprint density at radius 3 is 2.44 bits per heavy atom. The molecule has 0 unspecified atom stereocenters. The summed E-state index contributed by atoms with van der Waals surface area (Å²) in [6.45, 7) is 2.09. The average Bonchev–Trinajstić information content (AvgIpc) is 3.12. The van der Waals surface area contributed by atoms with E-state index in [0.29, 0.717) is 5.02 Å². The molecule has 0 aliphatic carbocycles. The van der Waals surface area contributed by atoms with Crippen LogP contribution in [0.25, 0.3) is 17.1 Å². The SMILES string of the molecule is Cc1ccccc1-n1c(SCc2ccccn2)nnc1-c1ccc(Cl)cc1. The molecule has 2 aromatic heterocycles. The van der Waals surface area contributed by atoms with Gasteiger partial charge in [-0.3, -0.25) is 9.55 Å². The van der Waals surface area contributed by atoms with E-state index in [1.807, 2.05) is 54.6 Å². The van der Waals surface area contributed by atoms with Crippen LogP contribution in [-0.2, 0) is 5.75 Å². The van der Waals surface area contributed by atoms with E-state index in [4.69, 9.17) is 11.6 Å². The molecule has 0 N–H and O–H groups in total. The molecule has 6 heteroatoms. The Bertz CT molecular complexity index is 1050. The summed E-state index contributed by atoms with van der Waals surface area (Å²) in [6.07, 6.45) is 1.81. The second-order valence-electron chi connectivity index (χ2n) is 6.04. The molecule has 0 radical (unpaired) electrons. The van der Waals surface area contributed by atoms with Gasteiger partial charge < -0.3 is 0 Å². The van der Waals surface area contributed by atoms with E-state index in [1.165, 1.54) is 0 Å². The van der Waals surface area contributed by atoms with E-state index in [0.717, 1.165) is 39.2 Å². The Balaban J connectivity index is 1.77. The predicted octanol–water partition coefficient (Wildman–Crippen LogP) is 5.58. The Morgan fingerprint density at radius 1 is 0.926 bits per heavy atom. The fourth-order valence-electron chi connectivity index (χ4n) is 2.80. The lowest BCUT2D eigenvalue weighted by atomic mass is 10.1. The molecule has 0 aliphatic rings. The molecule has 134 valence electrons. The summed E-state index contributed by atoms with van der Waals surface area (Å²) in [5.41, 5.74) is 4.21. The van der Waals surface area contributed by atoms with Crippen molar-refractivity contribution in [3.63, 3.8) is 0 Å². The molecule has 4 nitrogen and oxygen atoms in total. The summed E-state index contributed by atoms with van der Waals surface area (Å²) in [5.74, 6) is 1.52. The first-order valence-electron chi connectivity index (χ1n) is 8.52. The minimum absolute atomic E-state index is 0.699. The highest BCUT2D eigenvalue weighted by Crippen LogP contribution is 2.31. The van der Waals surface area contributed by atoms with Crippen LogP contribution >= 0.6 is 23.4 Å². The van der Waals surface area contributed by atoms with E-state index in [9.17, 15) is 0 Å². The molecule has 0 saturated heterocycles. The second kappa shape index (κ2) is 7.94. The van der Waals surface area contributed by atoms with Gasteiger partial charge in [-0.1, -0.05) is 47.6 Å². The monoisotopic (exact) mass is 392 g/mol. The quantitative estimate of drug-likeness (QED) is 0.415. The standard InChI is InChI=1S/C21H17ClN4S/c1-15-6-2-3-8-19(15)26-20(16-9-11-17(22)12-10-16)24-25-21(26)27-14-18-7-4-5-13-23-18/h2-13H,14H2,1H3. The van der Waals surface area contributed by atoms with Gasteiger partial charge >= 0.3 is 0 Å². The van der Waals surface area contributed by atoms with Crippen LogP contribution in [0.2, 0.25) is 5.02 Å². The molecular formula is C21H17ClN4S. The summed E-state index contributed by atoms with van der Waals surface area (Å²) in [6, 6.07) is 21.8. The van der Waals surface area contributed by atoms with Gasteiger partial charge in [0.05, 0.1) is 11.4 Å². The van der Waals surface area contributed by atoms with Crippen molar-refractivity contribution in [2.24, 2.45) is 0 Å². The van der Waals surface area contributed by atoms with Crippen LogP contribution in [0.4, 0.5) is 0 Å². The number of para-hydroxylation sites is 1. The molecule has 0 bridgehead atoms. The number of benzene rings is 2. The van der Waals surface area contributed by atoms with Crippen LogP contribution in [0.15, 0.2) is 78.1 Å². The van der Waals surface area contributed by atoms with Crippen molar-refractivity contribution in [1.82, 2.24) is 19.7 Å². The van der Waals surface area contributed by atoms with Crippen molar-refractivity contribution in [3.8, 4) is 17.1 Å². The molecular weight excluding hydrogens is 376 g/mol. The zero-order valence-electron chi connectivity index (χ0n) is 14.7. The van der Waals surface area contributed by atoms with Gasteiger partial charge in [0.15, 0.2) is 11.0 Å². The first-order valence-corrected chi connectivity index (χ1v) is 9.89. The van der Waals surface area contributed by atoms with E-state index in [-0.39, 0.29) is 0 Å². The van der Waals surface area contributed by atoms with Gasteiger partial charge in [-0.25, -0.2) is 0 Å². The van der Waals surface area contributed by atoms with Crippen LogP contribution in [0, 0.1) is 6.92 Å².